The molecule has 5 nitrogen and oxygen atoms in total. The van der Waals surface area contributed by atoms with Crippen molar-refractivity contribution in [2.24, 2.45) is 0 Å². The molecular weight excluding hydrogens is 356 g/mol. The summed E-state index contributed by atoms with van der Waals surface area (Å²) in [6, 6.07) is 7.21. The van der Waals surface area contributed by atoms with Crippen LogP contribution < -0.4 is 5.32 Å². The minimum absolute atomic E-state index is 0.0279. The van der Waals surface area contributed by atoms with Crippen molar-refractivity contribution >= 4 is 38.7 Å². The van der Waals surface area contributed by atoms with E-state index in [0.717, 1.165) is 10.6 Å². The van der Waals surface area contributed by atoms with Crippen LogP contribution in [0.5, 0.6) is 0 Å². The van der Waals surface area contributed by atoms with Crippen LogP contribution in [0.25, 0.3) is 10.6 Å². The number of hydrogen-bond acceptors (Lipinski definition) is 5. The molecule has 1 aliphatic heterocycles. The Labute approximate surface area is 143 Å². The summed E-state index contributed by atoms with van der Waals surface area (Å²) in [5.74, 6) is -0.266. The Bertz CT molecular complexity index is 846. The number of hydrogen-bond donors (Lipinski definition) is 1. The van der Waals surface area contributed by atoms with E-state index in [0.29, 0.717) is 17.1 Å². The maximum Gasteiger partial charge on any atom is 0.271 e. The van der Waals surface area contributed by atoms with Crippen molar-refractivity contribution in [2.75, 3.05) is 11.5 Å². The predicted molar refractivity (Wildman–Crippen MR) is 91.7 cm³/mol. The number of nitrogens with zero attached hydrogens (tertiary/aromatic N) is 1. The van der Waals surface area contributed by atoms with Gasteiger partial charge >= 0.3 is 0 Å². The second-order valence-electron chi connectivity index (χ2n) is 5.90. The van der Waals surface area contributed by atoms with Gasteiger partial charge < -0.3 is 5.32 Å². The fraction of sp³-hybridized carbons (Fsp3) is 0.333. The van der Waals surface area contributed by atoms with Crippen molar-refractivity contribution in [3.8, 4) is 10.6 Å². The van der Waals surface area contributed by atoms with Crippen LogP contribution in [-0.2, 0) is 9.84 Å². The SMILES string of the molecule is CC1(NC(=O)c2csc(-c3ccc(Cl)cc3)n2)CCS(=O)(=O)C1. The van der Waals surface area contributed by atoms with Gasteiger partial charge in [-0.3, -0.25) is 4.79 Å². The average molecular weight is 371 g/mol. The topological polar surface area (TPSA) is 76.1 Å². The Morgan fingerprint density at radius 1 is 1.35 bits per heavy atom. The first-order valence-corrected chi connectivity index (χ1v) is 10.1. The molecule has 0 aliphatic carbocycles. The van der Waals surface area contributed by atoms with Crippen LogP contribution >= 0.6 is 22.9 Å². The summed E-state index contributed by atoms with van der Waals surface area (Å²) >= 11 is 7.22. The van der Waals surface area contributed by atoms with E-state index in [1.807, 2.05) is 12.1 Å². The number of amides is 1. The maximum absolute atomic E-state index is 12.3. The second kappa shape index (κ2) is 5.89. The number of thiazole rings is 1. The largest absolute Gasteiger partial charge is 0.344 e. The van der Waals surface area contributed by atoms with E-state index >= 15 is 0 Å². The Kier molecular flexibility index (Phi) is 4.20. The molecule has 0 saturated carbocycles. The van der Waals surface area contributed by atoms with Gasteiger partial charge in [-0.15, -0.1) is 11.3 Å². The molecule has 1 amide bonds. The highest BCUT2D eigenvalue weighted by atomic mass is 35.5. The van der Waals surface area contributed by atoms with E-state index in [1.165, 1.54) is 11.3 Å². The normalized spacial score (nSPS) is 22.9. The third-order valence-electron chi connectivity index (χ3n) is 3.75. The van der Waals surface area contributed by atoms with Gasteiger partial charge in [-0.05, 0) is 25.5 Å². The molecule has 1 fully saturated rings. The number of carbonyl (C=O) groups excluding carboxylic acids is 1. The zero-order chi connectivity index (χ0) is 16.7. The Morgan fingerprint density at radius 3 is 2.65 bits per heavy atom. The van der Waals surface area contributed by atoms with Gasteiger partial charge in [-0.25, -0.2) is 13.4 Å². The van der Waals surface area contributed by atoms with Gasteiger partial charge in [0.1, 0.15) is 10.7 Å². The van der Waals surface area contributed by atoms with Crippen molar-refractivity contribution in [2.45, 2.75) is 18.9 Å². The highest BCUT2D eigenvalue weighted by Crippen LogP contribution is 2.26. The third kappa shape index (κ3) is 3.73. The van der Waals surface area contributed by atoms with Crippen LogP contribution in [0.2, 0.25) is 5.02 Å². The predicted octanol–water partition coefficient (Wildman–Crippen LogP) is 2.77. The Morgan fingerprint density at radius 2 is 2.04 bits per heavy atom. The third-order valence-corrected chi connectivity index (χ3v) is 6.79. The summed E-state index contributed by atoms with van der Waals surface area (Å²) in [4.78, 5) is 16.7. The number of nitrogens with one attached hydrogen (secondary N) is 1. The van der Waals surface area contributed by atoms with Gasteiger partial charge in [0.05, 0.1) is 17.0 Å². The quantitative estimate of drug-likeness (QED) is 0.901. The zero-order valence-electron chi connectivity index (χ0n) is 12.4. The van der Waals surface area contributed by atoms with Gasteiger partial charge in [0.15, 0.2) is 9.84 Å². The number of sulfone groups is 1. The molecular formula is C15H15ClN2O3S2. The van der Waals surface area contributed by atoms with Crippen LogP contribution in [0.15, 0.2) is 29.6 Å². The van der Waals surface area contributed by atoms with Crippen molar-refractivity contribution in [1.82, 2.24) is 10.3 Å². The standard InChI is InChI=1S/C15H15ClN2O3S2/c1-15(6-7-23(20,21)9-15)18-13(19)12-8-22-14(17-12)10-2-4-11(16)5-3-10/h2-5,8H,6-7,9H2,1H3,(H,18,19). The van der Waals surface area contributed by atoms with Gasteiger partial charge in [0.25, 0.3) is 5.91 Å². The van der Waals surface area contributed by atoms with Crippen LogP contribution in [0.1, 0.15) is 23.8 Å². The number of rotatable bonds is 3. The fourth-order valence-electron chi connectivity index (χ4n) is 2.55. The van der Waals surface area contributed by atoms with E-state index in [9.17, 15) is 13.2 Å². The molecule has 8 heteroatoms. The second-order valence-corrected chi connectivity index (χ2v) is 9.38. The number of aromatic nitrogens is 1. The summed E-state index contributed by atoms with van der Waals surface area (Å²) < 4.78 is 23.2. The summed E-state index contributed by atoms with van der Waals surface area (Å²) in [5, 5.41) is 5.83. The molecule has 1 aromatic heterocycles. The van der Waals surface area contributed by atoms with Crippen LogP contribution in [0.3, 0.4) is 0 Å². The Balaban J connectivity index is 1.75. The van der Waals surface area contributed by atoms with E-state index in [1.54, 1.807) is 24.4 Å². The van der Waals surface area contributed by atoms with Crippen LogP contribution in [0.4, 0.5) is 0 Å². The first kappa shape index (κ1) is 16.4. The lowest BCUT2D eigenvalue weighted by Crippen LogP contribution is -2.47. The molecule has 0 bridgehead atoms. The molecule has 1 aliphatic rings. The van der Waals surface area contributed by atoms with Crippen LogP contribution in [0, 0.1) is 0 Å². The van der Waals surface area contributed by atoms with Crippen molar-refractivity contribution in [3.63, 3.8) is 0 Å². The first-order valence-electron chi connectivity index (χ1n) is 7.01. The maximum atomic E-state index is 12.3. The van der Waals surface area contributed by atoms with Gasteiger partial charge in [0.2, 0.25) is 0 Å². The van der Waals surface area contributed by atoms with E-state index in [2.05, 4.69) is 10.3 Å². The first-order chi connectivity index (χ1) is 10.8. The molecule has 2 aromatic rings. The molecule has 2 heterocycles. The molecule has 0 radical (unpaired) electrons. The molecule has 1 N–H and O–H groups in total. The average Bonchev–Trinajstić information content (AvgIpc) is 3.05. The molecule has 122 valence electrons. The highest BCUT2D eigenvalue weighted by Gasteiger charge is 2.39. The fourth-order valence-corrected chi connectivity index (χ4v) is 5.58. The summed E-state index contributed by atoms with van der Waals surface area (Å²) in [7, 11) is -3.07. The summed E-state index contributed by atoms with van der Waals surface area (Å²) in [5.41, 5.74) is 0.457. The van der Waals surface area contributed by atoms with E-state index in [-0.39, 0.29) is 17.4 Å². The molecule has 1 aromatic carbocycles. The molecule has 1 unspecified atom stereocenters. The van der Waals surface area contributed by atoms with Crippen molar-refractivity contribution < 1.29 is 13.2 Å². The van der Waals surface area contributed by atoms with Crippen LogP contribution in [-0.4, -0.2) is 36.4 Å². The number of halogens is 1. The highest BCUT2D eigenvalue weighted by molar-refractivity contribution is 7.91. The lowest BCUT2D eigenvalue weighted by molar-refractivity contribution is 0.0911. The van der Waals surface area contributed by atoms with Crippen molar-refractivity contribution in [3.05, 3.63) is 40.4 Å². The monoisotopic (exact) mass is 370 g/mol. The lowest BCUT2D eigenvalue weighted by Gasteiger charge is -2.23. The summed E-state index contributed by atoms with van der Waals surface area (Å²) in [6.07, 6.45) is 0.426. The molecule has 1 saturated heterocycles. The number of benzene rings is 1. The zero-order valence-corrected chi connectivity index (χ0v) is 14.8. The minimum atomic E-state index is -3.07. The van der Waals surface area contributed by atoms with E-state index in [4.69, 9.17) is 11.6 Å². The van der Waals surface area contributed by atoms with Crippen molar-refractivity contribution in [1.29, 1.82) is 0 Å². The van der Waals surface area contributed by atoms with E-state index < -0.39 is 15.4 Å². The number of carbonyl (C=O) groups is 1. The van der Waals surface area contributed by atoms with Gasteiger partial charge in [-0.2, -0.15) is 0 Å². The molecule has 23 heavy (non-hydrogen) atoms. The molecule has 0 spiro atoms. The summed E-state index contributed by atoms with van der Waals surface area (Å²) in [6.45, 7) is 1.75. The molecule has 3 rings (SSSR count). The van der Waals surface area contributed by atoms with Gasteiger partial charge in [-0.1, -0.05) is 23.7 Å². The van der Waals surface area contributed by atoms with Gasteiger partial charge in [0, 0.05) is 16.0 Å². The molecule has 1 atom stereocenters. The Hall–Kier alpha value is -1.44. The smallest absolute Gasteiger partial charge is 0.271 e. The lowest BCUT2D eigenvalue weighted by atomic mass is 10.0. The minimum Gasteiger partial charge on any atom is -0.344 e.